The van der Waals surface area contributed by atoms with Crippen LogP contribution >= 0.6 is 0 Å². The summed E-state index contributed by atoms with van der Waals surface area (Å²) in [4.78, 5) is 50.2. The van der Waals surface area contributed by atoms with Crippen molar-refractivity contribution in [1.82, 2.24) is 18.3 Å². The largest absolute Gasteiger partial charge is 0.403 e. The summed E-state index contributed by atoms with van der Waals surface area (Å²) in [5.74, 6) is 0. The summed E-state index contributed by atoms with van der Waals surface area (Å²) in [5.41, 5.74) is -2.49. The maximum atomic E-state index is 13.0. The van der Waals surface area contributed by atoms with Gasteiger partial charge in [-0.05, 0) is 18.3 Å². The first-order valence-corrected chi connectivity index (χ1v) is 13.2. The van der Waals surface area contributed by atoms with Crippen LogP contribution in [0.4, 0.5) is 0 Å². The Morgan fingerprint density at radius 1 is 0.788 bits per heavy atom. The van der Waals surface area contributed by atoms with E-state index in [-0.39, 0.29) is 11.1 Å². The topological polar surface area (TPSA) is 117 Å². The molecule has 0 aliphatic rings. The molecule has 2 aromatic heterocycles. The number of hydrogen-bond acceptors (Lipinski definition) is 6. The molecule has 10 nitrogen and oxygen atoms in total. The predicted molar refractivity (Wildman–Crippen MR) is 126 cm³/mol. The number of aryl methyl sites for hydroxylation is 2. The molecular formula is C22H28N4O6Si. The van der Waals surface area contributed by atoms with E-state index in [9.17, 15) is 24.3 Å². The number of hydrogen-bond donors (Lipinski definition) is 1. The van der Waals surface area contributed by atoms with Crippen molar-refractivity contribution in [2.24, 2.45) is 28.2 Å². The van der Waals surface area contributed by atoms with Gasteiger partial charge in [-0.2, -0.15) is 0 Å². The monoisotopic (exact) mass is 472 g/mol. The van der Waals surface area contributed by atoms with Crippen LogP contribution in [-0.2, 0) is 32.6 Å². The Hall–Kier alpha value is -3.28. The van der Waals surface area contributed by atoms with Gasteiger partial charge in [-0.3, -0.25) is 18.7 Å². The highest BCUT2D eigenvalue weighted by Gasteiger charge is 2.37. The first-order valence-electron chi connectivity index (χ1n) is 10.3. The molecule has 0 bridgehead atoms. The van der Waals surface area contributed by atoms with E-state index in [1.807, 2.05) is 43.4 Å². The van der Waals surface area contributed by atoms with Crippen molar-refractivity contribution < 1.29 is 9.53 Å². The zero-order valence-corrected chi connectivity index (χ0v) is 20.5. The molecule has 33 heavy (non-hydrogen) atoms. The lowest BCUT2D eigenvalue weighted by atomic mass is 10.0. The fourth-order valence-electron chi connectivity index (χ4n) is 3.76. The van der Waals surface area contributed by atoms with Crippen LogP contribution in [-0.4, -0.2) is 31.7 Å². The van der Waals surface area contributed by atoms with Crippen molar-refractivity contribution in [3.8, 4) is 0 Å². The minimum Gasteiger partial charge on any atom is -0.403 e. The zero-order chi connectivity index (χ0) is 24.7. The van der Waals surface area contributed by atoms with Crippen molar-refractivity contribution >= 4 is 13.5 Å². The average Bonchev–Trinajstić information content (AvgIpc) is 2.79. The van der Waals surface area contributed by atoms with Crippen LogP contribution in [0.15, 0.2) is 61.9 Å². The van der Waals surface area contributed by atoms with Crippen molar-refractivity contribution in [2.45, 2.75) is 25.3 Å². The molecule has 2 heterocycles. The van der Waals surface area contributed by atoms with E-state index >= 15 is 0 Å². The molecule has 0 unspecified atom stereocenters. The van der Waals surface area contributed by atoms with Gasteiger partial charge in [0.25, 0.3) is 11.1 Å². The maximum absolute atomic E-state index is 13.0. The second-order valence-corrected chi connectivity index (χ2v) is 12.4. The molecule has 176 valence electrons. The zero-order valence-electron chi connectivity index (χ0n) is 19.5. The molecule has 0 saturated heterocycles. The lowest BCUT2D eigenvalue weighted by Crippen LogP contribution is -2.49. The normalized spacial score (nSPS) is 13.7. The van der Waals surface area contributed by atoms with E-state index < -0.39 is 43.0 Å². The van der Waals surface area contributed by atoms with Gasteiger partial charge >= 0.3 is 11.4 Å². The molecule has 0 aliphatic heterocycles. The number of nitrogens with zero attached hydrogens (tertiary/aromatic N) is 4. The SMILES string of the molecule is Cn1cc([C@@H](O[Si](C)(C)c2ccccc2)[C@@H](O)c2cn(C)c(=O)n(C)c2=O)c(=O)n(C)c1=O. The van der Waals surface area contributed by atoms with Crippen molar-refractivity contribution in [3.05, 3.63) is 95.5 Å². The van der Waals surface area contributed by atoms with E-state index in [0.29, 0.717) is 0 Å². The Labute approximate surface area is 190 Å². The smallest absolute Gasteiger partial charge is 0.330 e. The third-order valence-electron chi connectivity index (χ3n) is 5.75. The molecule has 2 atom stereocenters. The van der Waals surface area contributed by atoms with Gasteiger partial charge in [-0.1, -0.05) is 30.3 Å². The van der Waals surface area contributed by atoms with Crippen molar-refractivity contribution in [1.29, 1.82) is 0 Å². The van der Waals surface area contributed by atoms with E-state index in [4.69, 9.17) is 4.43 Å². The second-order valence-electron chi connectivity index (χ2n) is 8.54. The van der Waals surface area contributed by atoms with Crippen LogP contribution in [0.5, 0.6) is 0 Å². The molecular weight excluding hydrogens is 444 g/mol. The Balaban J connectivity index is 2.25. The Morgan fingerprint density at radius 3 is 1.76 bits per heavy atom. The molecule has 0 saturated carbocycles. The van der Waals surface area contributed by atoms with Crippen LogP contribution in [0.25, 0.3) is 0 Å². The first-order chi connectivity index (χ1) is 15.4. The van der Waals surface area contributed by atoms with Crippen molar-refractivity contribution in [3.63, 3.8) is 0 Å². The van der Waals surface area contributed by atoms with Crippen molar-refractivity contribution in [2.75, 3.05) is 0 Å². The molecule has 3 rings (SSSR count). The molecule has 0 radical (unpaired) electrons. The third-order valence-corrected chi connectivity index (χ3v) is 8.32. The molecule has 3 aromatic rings. The van der Waals surface area contributed by atoms with Crippen LogP contribution in [0.2, 0.25) is 13.1 Å². The molecule has 1 aromatic carbocycles. The molecule has 11 heteroatoms. The van der Waals surface area contributed by atoms with Gasteiger partial charge in [-0.25, -0.2) is 9.59 Å². The standard InChI is InChI=1S/C22H28N4O6Si/c1-23-12-15(19(28)25(3)21(23)30)17(27)18(16-13-24(2)22(31)26(4)20(16)29)32-33(5,6)14-10-8-7-9-11-14/h7-13,17-18,27H,1-6H3/t17-,18+/m0/s1. The highest BCUT2D eigenvalue weighted by atomic mass is 28.4. The van der Waals surface area contributed by atoms with Gasteiger partial charge in [0.2, 0.25) is 8.32 Å². The van der Waals surface area contributed by atoms with Crippen LogP contribution < -0.4 is 27.7 Å². The van der Waals surface area contributed by atoms with Gasteiger partial charge in [0.05, 0.1) is 11.1 Å². The van der Waals surface area contributed by atoms with Crippen LogP contribution in [0.1, 0.15) is 23.3 Å². The van der Waals surface area contributed by atoms with E-state index in [1.165, 1.54) is 49.7 Å². The van der Waals surface area contributed by atoms with Gasteiger partial charge in [0.1, 0.15) is 12.2 Å². The van der Waals surface area contributed by atoms with Crippen LogP contribution in [0, 0.1) is 0 Å². The Kier molecular flexibility index (Phi) is 6.59. The molecule has 0 spiro atoms. The summed E-state index contributed by atoms with van der Waals surface area (Å²) in [6, 6.07) is 9.41. The van der Waals surface area contributed by atoms with Gasteiger partial charge in [-0.15, -0.1) is 0 Å². The fourth-order valence-corrected chi connectivity index (χ4v) is 5.78. The van der Waals surface area contributed by atoms with E-state index in [0.717, 1.165) is 14.3 Å². The molecule has 0 fully saturated rings. The minimum atomic E-state index is -2.72. The summed E-state index contributed by atoms with van der Waals surface area (Å²) >= 11 is 0. The molecule has 0 aliphatic carbocycles. The Bertz CT molecular complexity index is 1420. The maximum Gasteiger partial charge on any atom is 0.330 e. The number of rotatable bonds is 6. The predicted octanol–water partition coefficient (Wildman–Crippen LogP) is -0.615. The van der Waals surface area contributed by atoms with Crippen LogP contribution in [0.3, 0.4) is 0 Å². The lowest BCUT2D eigenvalue weighted by Gasteiger charge is -2.32. The second kappa shape index (κ2) is 8.93. The highest BCUT2D eigenvalue weighted by molar-refractivity contribution is 6.84. The quantitative estimate of drug-likeness (QED) is 0.478. The summed E-state index contributed by atoms with van der Waals surface area (Å²) in [5, 5.41) is 12.3. The lowest BCUT2D eigenvalue weighted by molar-refractivity contribution is 0.0272. The van der Waals surface area contributed by atoms with Gasteiger partial charge < -0.3 is 18.7 Å². The van der Waals surface area contributed by atoms with E-state index in [2.05, 4.69) is 0 Å². The number of aliphatic hydroxyl groups excluding tert-OH is 1. The number of aromatic nitrogens is 4. The van der Waals surface area contributed by atoms with E-state index in [1.54, 1.807) is 0 Å². The summed E-state index contributed by atoms with van der Waals surface area (Å²) < 4.78 is 10.6. The third kappa shape index (κ3) is 4.47. The van der Waals surface area contributed by atoms with Gasteiger partial charge in [0, 0.05) is 40.6 Å². The minimum absolute atomic E-state index is 0.0273. The fraction of sp³-hybridized carbons (Fsp3) is 0.364. The average molecular weight is 473 g/mol. The summed E-state index contributed by atoms with van der Waals surface area (Å²) in [6.45, 7) is 3.82. The first kappa shape index (κ1) is 24.4. The number of benzene rings is 1. The molecule has 1 N–H and O–H groups in total. The molecule has 0 amide bonds. The Morgan fingerprint density at radius 2 is 1.24 bits per heavy atom. The summed E-state index contributed by atoms with van der Waals surface area (Å²) in [6.07, 6.45) is -0.269. The number of aliphatic hydroxyl groups is 1. The summed E-state index contributed by atoms with van der Waals surface area (Å²) in [7, 11) is 2.87. The highest BCUT2D eigenvalue weighted by Crippen LogP contribution is 2.31. The van der Waals surface area contributed by atoms with Gasteiger partial charge in [0.15, 0.2) is 0 Å².